The van der Waals surface area contributed by atoms with Crippen LogP contribution in [0.5, 0.6) is 11.5 Å². The van der Waals surface area contributed by atoms with Gasteiger partial charge in [-0.2, -0.15) is 0 Å². The minimum atomic E-state index is -1.20. The van der Waals surface area contributed by atoms with Crippen LogP contribution in [0, 0.1) is 11.3 Å². The summed E-state index contributed by atoms with van der Waals surface area (Å²) in [6, 6.07) is 8.70. The van der Waals surface area contributed by atoms with Gasteiger partial charge in [0.25, 0.3) is 5.91 Å². The lowest BCUT2D eigenvalue weighted by atomic mass is 9.84. The van der Waals surface area contributed by atoms with Crippen molar-refractivity contribution in [1.29, 1.82) is 0 Å². The Bertz CT molecular complexity index is 1790. The fraction of sp³-hybridized carbons (Fsp3) is 0.537. The molecule has 2 aliphatic heterocycles. The summed E-state index contributed by atoms with van der Waals surface area (Å²) in [5.41, 5.74) is 2.71. The van der Waals surface area contributed by atoms with E-state index in [2.05, 4.69) is 21.4 Å². The second-order valence-corrected chi connectivity index (χ2v) is 16.3. The van der Waals surface area contributed by atoms with Gasteiger partial charge < -0.3 is 30.3 Å². The van der Waals surface area contributed by atoms with Gasteiger partial charge in [0.2, 0.25) is 23.5 Å². The Morgan fingerprint density at radius 3 is 2.42 bits per heavy atom. The number of benzene rings is 2. The number of rotatable bonds is 14. The van der Waals surface area contributed by atoms with Crippen molar-refractivity contribution >= 4 is 52.4 Å². The van der Waals surface area contributed by atoms with Crippen LogP contribution in [0.15, 0.2) is 48.5 Å². The Morgan fingerprint density at radius 1 is 1.02 bits per heavy atom. The van der Waals surface area contributed by atoms with Crippen LogP contribution in [-0.4, -0.2) is 78.8 Å². The first-order valence-electron chi connectivity index (χ1n) is 19.1. The van der Waals surface area contributed by atoms with Gasteiger partial charge in [-0.05, 0) is 60.9 Å². The van der Waals surface area contributed by atoms with Crippen LogP contribution in [0.1, 0.15) is 91.0 Å². The molecule has 1 saturated carbocycles. The van der Waals surface area contributed by atoms with E-state index in [0.29, 0.717) is 35.1 Å². The van der Waals surface area contributed by atoms with Crippen molar-refractivity contribution in [1.82, 2.24) is 21.0 Å². The molecule has 0 unspecified atom stereocenters. The number of halogens is 1. The number of amides is 4. The van der Waals surface area contributed by atoms with Crippen LogP contribution in [0.2, 0.25) is 5.02 Å². The molecule has 14 heteroatoms. The predicted molar refractivity (Wildman–Crippen MR) is 209 cm³/mol. The van der Waals surface area contributed by atoms with Gasteiger partial charge in [-0.15, -0.1) is 0 Å². The summed E-state index contributed by atoms with van der Waals surface area (Å²) in [6.07, 6.45) is 8.14. The highest BCUT2D eigenvalue weighted by molar-refractivity contribution is 6.42. The third-order valence-corrected chi connectivity index (χ3v) is 10.8. The van der Waals surface area contributed by atoms with E-state index in [9.17, 15) is 24.0 Å². The maximum absolute atomic E-state index is 14.7. The zero-order valence-corrected chi connectivity index (χ0v) is 33.3. The molecule has 55 heavy (non-hydrogen) atoms. The van der Waals surface area contributed by atoms with E-state index in [1.165, 1.54) is 25.2 Å². The van der Waals surface area contributed by atoms with E-state index < -0.39 is 52.6 Å². The molecule has 1 spiro atoms. The zero-order chi connectivity index (χ0) is 39.9. The summed E-state index contributed by atoms with van der Waals surface area (Å²) < 4.78 is 10.6. The highest BCUT2D eigenvalue weighted by Crippen LogP contribution is 2.39. The summed E-state index contributed by atoms with van der Waals surface area (Å²) in [5.74, 6) is -2.07. The summed E-state index contributed by atoms with van der Waals surface area (Å²) in [6.45, 7) is 7.42. The number of hydrogen-bond donors (Lipinski definition) is 4. The monoisotopic (exact) mass is 779 g/mol. The molecule has 13 nitrogen and oxygen atoms in total. The van der Waals surface area contributed by atoms with Crippen molar-refractivity contribution in [3.63, 3.8) is 0 Å². The zero-order valence-electron chi connectivity index (χ0n) is 32.6. The third-order valence-electron chi connectivity index (χ3n) is 10.6. The van der Waals surface area contributed by atoms with Crippen LogP contribution in [0.3, 0.4) is 0 Å². The minimum Gasteiger partial charge on any atom is -0.497 e. The van der Waals surface area contributed by atoms with Crippen molar-refractivity contribution in [2.45, 2.75) is 109 Å². The molecule has 1 aliphatic carbocycles. The maximum Gasteiger partial charge on any atom is 0.294 e. The average molecular weight is 780 g/mol. The number of nitrogens with one attached hydrogen (secondary N) is 4. The third kappa shape index (κ3) is 10.2. The SMILES string of the molecule is CCC[C@H](NC(=O)[C@@H]1C[C@]2(C=C(c3cccc(Cl)c3)NO2)CN1C(=O)[C@@H](NC(=O)CC1CCCCC1)C(C)(C)C)C(=O)C(=O)Nc1cc(OC)ccc1OC. The lowest BCUT2D eigenvalue weighted by molar-refractivity contribution is -0.145. The normalized spacial score (nSPS) is 20.9. The highest BCUT2D eigenvalue weighted by atomic mass is 35.5. The molecule has 3 aliphatic rings. The molecule has 1 saturated heterocycles. The fourth-order valence-corrected chi connectivity index (χ4v) is 7.78. The van der Waals surface area contributed by atoms with Gasteiger partial charge in [0.1, 0.15) is 29.2 Å². The Morgan fingerprint density at radius 2 is 1.76 bits per heavy atom. The predicted octanol–water partition coefficient (Wildman–Crippen LogP) is 5.57. The summed E-state index contributed by atoms with van der Waals surface area (Å²) in [7, 11) is 2.91. The number of methoxy groups -OCH3 is 2. The number of ketones is 1. The van der Waals surface area contributed by atoms with Gasteiger partial charge in [-0.3, -0.25) is 34.3 Å². The van der Waals surface area contributed by atoms with Crippen molar-refractivity contribution in [2.24, 2.45) is 11.3 Å². The number of ether oxygens (including phenoxy) is 2. The largest absolute Gasteiger partial charge is 0.497 e. The second-order valence-electron chi connectivity index (χ2n) is 15.8. The number of carbonyl (C=O) groups is 5. The van der Waals surface area contributed by atoms with Gasteiger partial charge in [0.15, 0.2) is 0 Å². The van der Waals surface area contributed by atoms with E-state index >= 15 is 0 Å². The fourth-order valence-electron chi connectivity index (χ4n) is 7.59. The molecule has 2 aromatic carbocycles. The van der Waals surface area contributed by atoms with Crippen molar-refractivity contribution in [3.8, 4) is 11.5 Å². The minimum absolute atomic E-state index is 0.0193. The van der Waals surface area contributed by atoms with Crippen molar-refractivity contribution in [3.05, 3.63) is 59.1 Å². The molecule has 298 valence electrons. The van der Waals surface area contributed by atoms with Crippen LogP contribution in [0.25, 0.3) is 5.70 Å². The molecule has 0 radical (unpaired) electrons. The van der Waals surface area contributed by atoms with Gasteiger partial charge in [-0.25, -0.2) is 0 Å². The molecule has 2 aromatic rings. The van der Waals surface area contributed by atoms with Gasteiger partial charge in [0.05, 0.1) is 38.2 Å². The number of hydroxylamine groups is 1. The molecule has 4 atom stereocenters. The highest BCUT2D eigenvalue weighted by Gasteiger charge is 2.54. The van der Waals surface area contributed by atoms with E-state index in [1.54, 1.807) is 30.3 Å². The smallest absolute Gasteiger partial charge is 0.294 e. The van der Waals surface area contributed by atoms with Crippen molar-refractivity contribution in [2.75, 3.05) is 26.1 Å². The summed E-state index contributed by atoms with van der Waals surface area (Å²) in [4.78, 5) is 77.1. The molecule has 2 heterocycles. The number of nitrogens with zero attached hydrogens (tertiary/aromatic N) is 1. The van der Waals surface area contributed by atoms with Gasteiger partial charge >= 0.3 is 0 Å². The number of anilines is 1. The molecule has 0 bridgehead atoms. The van der Waals surface area contributed by atoms with E-state index in [4.69, 9.17) is 25.9 Å². The van der Waals surface area contributed by atoms with E-state index in [-0.39, 0.29) is 36.9 Å². The number of carbonyl (C=O) groups excluding carboxylic acids is 5. The van der Waals surface area contributed by atoms with Crippen LogP contribution >= 0.6 is 11.6 Å². The van der Waals surface area contributed by atoms with Crippen LogP contribution < -0.4 is 30.9 Å². The second kappa shape index (κ2) is 17.9. The first-order chi connectivity index (χ1) is 26.2. The molecule has 2 fully saturated rings. The molecule has 4 N–H and O–H groups in total. The lowest BCUT2D eigenvalue weighted by Crippen LogP contribution is -2.59. The topological polar surface area (TPSA) is 164 Å². The quantitative estimate of drug-likeness (QED) is 0.180. The lowest BCUT2D eigenvalue weighted by Gasteiger charge is -2.36. The van der Waals surface area contributed by atoms with Crippen LogP contribution in [-0.2, 0) is 28.8 Å². The van der Waals surface area contributed by atoms with Crippen LogP contribution in [0.4, 0.5) is 5.69 Å². The van der Waals surface area contributed by atoms with E-state index in [0.717, 1.165) is 37.7 Å². The van der Waals surface area contributed by atoms with Gasteiger partial charge in [0, 0.05) is 29.5 Å². The number of likely N-dealkylation sites (tertiary alicyclic amines) is 1. The first-order valence-corrected chi connectivity index (χ1v) is 19.4. The summed E-state index contributed by atoms with van der Waals surface area (Å²) in [5, 5.41) is 8.93. The molecular formula is C41H54ClN5O8. The molecule has 0 aromatic heterocycles. The Hall–Kier alpha value is -4.62. The molecular weight excluding hydrogens is 726 g/mol. The number of hydrogen-bond acceptors (Lipinski definition) is 9. The first kappa shape index (κ1) is 41.5. The Kier molecular flexibility index (Phi) is 13.5. The Balaban J connectivity index is 1.41. The van der Waals surface area contributed by atoms with Crippen molar-refractivity contribution < 1.29 is 38.3 Å². The average Bonchev–Trinajstić information content (AvgIpc) is 3.76. The molecule has 5 rings (SSSR count). The maximum atomic E-state index is 14.7. The summed E-state index contributed by atoms with van der Waals surface area (Å²) >= 11 is 6.28. The number of Topliss-reactive ketones (excluding diaryl/α,β-unsaturated/α-hetero) is 1. The molecule has 4 amide bonds. The standard InChI is InChI=1S/C41H54ClN5O8/c1-7-12-29(35(49)38(51)44-30-21-28(53-5)17-18-33(30)54-6)43-37(50)32-23-41(22-31(46-55-41)26-15-11-16-27(42)20-26)24-47(32)39(52)36(40(2,3)4)45-34(48)19-25-13-9-8-10-14-25/h11,15-18,20-22,25,29,32,36,46H,7-10,12-14,19,23-24H2,1-6H3,(H,43,50)(H,44,51)(H,45,48)/t29-,32-,36+,41+/m0/s1. The Labute approximate surface area is 328 Å². The van der Waals surface area contributed by atoms with Gasteiger partial charge in [-0.1, -0.05) is 77.1 Å². The van der Waals surface area contributed by atoms with E-state index in [1.807, 2.05) is 39.8 Å².